The Kier molecular flexibility index (Phi) is 5.18. The molecule has 5 rings (SSSR count). The van der Waals surface area contributed by atoms with E-state index < -0.39 is 5.92 Å². The quantitative estimate of drug-likeness (QED) is 0.489. The molecule has 0 amide bonds. The third kappa shape index (κ3) is 3.91. The number of anilines is 2. The molecule has 0 bridgehead atoms. The standard InChI is InChI=1S/C20H20Cl2F2N6S/c21-15-12(9-14(25)28-16(15)22)31-13-10-27-18(30-8-5-26-17(13)30)29-6-3-19(4-7-29)1-2-20(23,24)11-19/h5,8-10H,1-4,6-7,11H2,(H2,25,28). The fourth-order valence-corrected chi connectivity index (χ4v) is 6.08. The van der Waals surface area contributed by atoms with Gasteiger partial charge in [-0.25, -0.2) is 23.7 Å². The molecule has 4 heterocycles. The van der Waals surface area contributed by atoms with Crippen molar-refractivity contribution in [3.63, 3.8) is 0 Å². The Balaban J connectivity index is 1.40. The number of rotatable bonds is 3. The molecule has 31 heavy (non-hydrogen) atoms. The molecule has 0 atom stereocenters. The first-order chi connectivity index (χ1) is 14.8. The summed E-state index contributed by atoms with van der Waals surface area (Å²) in [5, 5.41) is 0.470. The van der Waals surface area contributed by atoms with Gasteiger partial charge < -0.3 is 10.6 Å². The van der Waals surface area contributed by atoms with Gasteiger partial charge in [-0.15, -0.1) is 0 Å². The minimum Gasteiger partial charge on any atom is -0.384 e. The highest BCUT2D eigenvalue weighted by molar-refractivity contribution is 7.99. The summed E-state index contributed by atoms with van der Waals surface area (Å²) >= 11 is 13.7. The van der Waals surface area contributed by atoms with Gasteiger partial charge in [0.1, 0.15) is 5.82 Å². The Bertz CT molecular complexity index is 1150. The van der Waals surface area contributed by atoms with Crippen LogP contribution in [-0.2, 0) is 0 Å². The maximum absolute atomic E-state index is 13.8. The molecule has 0 unspecified atom stereocenters. The van der Waals surface area contributed by atoms with E-state index in [9.17, 15) is 8.78 Å². The van der Waals surface area contributed by atoms with E-state index in [0.717, 1.165) is 29.3 Å². The van der Waals surface area contributed by atoms with Crippen molar-refractivity contribution >= 4 is 52.4 Å². The molecule has 6 nitrogen and oxygen atoms in total. The molecule has 0 radical (unpaired) electrons. The summed E-state index contributed by atoms with van der Waals surface area (Å²) in [6, 6.07) is 1.66. The fourth-order valence-electron chi connectivity index (χ4n) is 4.66. The third-order valence-electron chi connectivity index (χ3n) is 6.26. The van der Waals surface area contributed by atoms with Gasteiger partial charge in [0.2, 0.25) is 11.9 Å². The number of aromatic nitrogens is 4. The lowest BCUT2D eigenvalue weighted by Crippen LogP contribution is -2.40. The Morgan fingerprint density at radius 2 is 1.84 bits per heavy atom. The number of halogens is 4. The zero-order valence-electron chi connectivity index (χ0n) is 16.5. The average Bonchev–Trinajstić information content (AvgIpc) is 3.32. The number of imidazole rings is 1. The summed E-state index contributed by atoms with van der Waals surface area (Å²) in [6.45, 7) is 1.40. The van der Waals surface area contributed by atoms with Crippen LogP contribution in [0, 0.1) is 5.41 Å². The number of pyridine rings is 1. The number of nitrogen functional groups attached to an aromatic ring is 1. The van der Waals surface area contributed by atoms with Crippen LogP contribution in [0.5, 0.6) is 0 Å². The van der Waals surface area contributed by atoms with Crippen LogP contribution in [-0.4, -0.2) is 38.4 Å². The molecular weight excluding hydrogens is 465 g/mol. The minimum atomic E-state index is -2.52. The Hall–Kier alpha value is -1.84. The molecule has 2 aliphatic rings. The summed E-state index contributed by atoms with van der Waals surface area (Å²) in [5.74, 6) is -1.48. The van der Waals surface area contributed by atoms with Gasteiger partial charge in [-0.05, 0) is 30.7 Å². The van der Waals surface area contributed by atoms with Crippen LogP contribution >= 0.6 is 35.0 Å². The number of alkyl halides is 2. The minimum absolute atomic E-state index is 0.00896. The van der Waals surface area contributed by atoms with Gasteiger partial charge in [-0.1, -0.05) is 35.0 Å². The second kappa shape index (κ2) is 7.64. The Morgan fingerprint density at radius 1 is 1.06 bits per heavy atom. The van der Waals surface area contributed by atoms with Gasteiger partial charge >= 0.3 is 0 Å². The topological polar surface area (TPSA) is 72.3 Å². The van der Waals surface area contributed by atoms with Crippen LogP contribution in [0.2, 0.25) is 10.2 Å². The lowest BCUT2D eigenvalue weighted by molar-refractivity contribution is -0.00684. The van der Waals surface area contributed by atoms with Crippen LogP contribution in [0.15, 0.2) is 34.4 Å². The van der Waals surface area contributed by atoms with E-state index in [-0.39, 0.29) is 29.2 Å². The number of fused-ring (bicyclic) bond motifs is 1. The molecule has 3 aromatic rings. The predicted octanol–water partition coefficient (Wildman–Crippen LogP) is 5.57. The van der Waals surface area contributed by atoms with Gasteiger partial charge in [-0.3, -0.25) is 4.40 Å². The van der Waals surface area contributed by atoms with Gasteiger partial charge in [-0.2, -0.15) is 0 Å². The second-order valence-corrected chi connectivity index (χ2v) is 10.1. The molecule has 1 aliphatic carbocycles. The van der Waals surface area contributed by atoms with Crippen molar-refractivity contribution in [3.05, 3.63) is 34.8 Å². The van der Waals surface area contributed by atoms with E-state index in [0.29, 0.717) is 29.4 Å². The normalized spacial score (nSPS) is 20.1. The maximum Gasteiger partial charge on any atom is 0.248 e. The van der Waals surface area contributed by atoms with Gasteiger partial charge in [0.25, 0.3) is 0 Å². The van der Waals surface area contributed by atoms with E-state index in [1.54, 1.807) is 18.5 Å². The second-order valence-electron chi connectivity index (χ2n) is 8.32. The van der Waals surface area contributed by atoms with Crippen molar-refractivity contribution in [1.29, 1.82) is 0 Å². The highest BCUT2D eigenvalue weighted by Crippen LogP contribution is 2.53. The molecule has 11 heteroatoms. The number of nitrogens with two attached hydrogens (primary N) is 1. The number of piperidine rings is 1. The molecule has 164 valence electrons. The molecule has 1 saturated carbocycles. The van der Waals surface area contributed by atoms with Crippen molar-refractivity contribution in [2.75, 3.05) is 23.7 Å². The van der Waals surface area contributed by atoms with E-state index >= 15 is 0 Å². The van der Waals surface area contributed by atoms with Crippen LogP contribution in [0.25, 0.3) is 5.65 Å². The van der Waals surface area contributed by atoms with E-state index in [4.69, 9.17) is 28.9 Å². The van der Waals surface area contributed by atoms with Gasteiger partial charge in [0.05, 0.1) is 9.92 Å². The SMILES string of the molecule is Nc1cc(Sc2cnc(N3CCC4(CC3)CCC(F)(F)C4)n3ccnc23)c(Cl)c(Cl)n1. The van der Waals surface area contributed by atoms with E-state index in [1.807, 2.05) is 10.6 Å². The summed E-state index contributed by atoms with van der Waals surface area (Å²) in [7, 11) is 0. The smallest absolute Gasteiger partial charge is 0.248 e. The lowest BCUT2D eigenvalue weighted by atomic mass is 9.77. The molecule has 1 aliphatic heterocycles. The highest BCUT2D eigenvalue weighted by atomic mass is 35.5. The number of nitrogens with zero attached hydrogens (tertiary/aromatic N) is 5. The third-order valence-corrected chi connectivity index (χ3v) is 8.17. The Labute approximate surface area is 192 Å². The number of hydrogen-bond donors (Lipinski definition) is 1. The van der Waals surface area contributed by atoms with Crippen molar-refractivity contribution in [3.8, 4) is 0 Å². The monoisotopic (exact) mass is 484 g/mol. The van der Waals surface area contributed by atoms with Gasteiger partial charge in [0, 0.05) is 49.4 Å². The van der Waals surface area contributed by atoms with Gasteiger partial charge in [0.15, 0.2) is 10.8 Å². The van der Waals surface area contributed by atoms with Crippen LogP contribution < -0.4 is 10.6 Å². The first-order valence-electron chi connectivity index (χ1n) is 10.00. The molecule has 3 aromatic heterocycles. The first-order valence-corrected chi connectivity index (χ1v) is 11.6. The number of hydrogen-bond acceptors (Lipinski definition) is 6. The highest BCUT2D eigenvalue weighted by Gasteiger charge is 2.50. The first kappa shape index (κ1) is 21.0. The Morgan fingerprint density at radius 3 is 2.55 bits per heavy atom. The van der Waals surface area contributed by atoms with Crippen molar-refractivity contribution in [1.82, 2.24) is 19.4 Å². The van der Waals surface area contributed by atoms with Crippen LogP contribution in [0.3, 0.4) is 0 Å². The maximum atomic E-state index is 13.8. The molecule has 2 fully saturated rings. The fraction of sp³-hybridized carbons (Fsp3) is 0.450. The summed E-state index contributed by atoms with van der Waals surface area (Å²) < 4.78 is 29.5. The predicted molar refractivity (Wildman–Crippen MR) is 118 cm³/mol. The van der Waals surface area contributed by atoms with Crippen molar-refractivity contribution in [2.45, 2.75) is 47.8 Å². The summed E-state index contributed by atoms with van der Waals surface area (Å²) in [6.07, 6.45) is 7.44. The van der Waals surface area contributed by atoms with Crippen LogP contribution in [0.4, 0.5) is 20.5 Å². The molecular formula is C20H20Cl2F2N6S. The van der Waals surface area contributed by atoms with E-state index in [1.165, 1.54) is 11.8 Å². The zero-order valence-corrected chi connectivity index (χ0v) is 18.8. The summed E-state index contributed by atoms with van der Waals surface area (Å²) in [5.41, 5.74) is 6.30. The molecule has 0 aromatic carbocycles. The lowest BCUT2D eigenvalue weighted by Gasteiger charge is -2.39. The zero-order chi connectivity index (χ0) is 21.8. The van der Waals surface area contributed by atoms with Crippen molar-refractivity contribution < 1.29 is 8.78 Å². The van der Waals surface area contributed by atoms with Crippen molar-refractivity contribution in [2.24, 2.45) is 5.41 Å². The largest absolute Gasteiger partial charge is 0.384 e. The molecule has 1 saturated heterocycles. The van der Waals surface area contributed by atoms with E-state index in [2.05, 4.69) is 19.9 Å². The average molecular weight is 485 g/mol. The molecule has 2 N–H and O–H groups in total. The van der Waals surface area contributed by atoms with Crippen LogP contribution in [0.1, 0.15) is 32.1 Å². The molecule has 1 spiro atoms. The summed E-state index contributed by atoms with van der Waals surface area (Å²) in [4.78, 5) is 16.7.